The molecule has 14 heavy (non-hydrogen) atoms. The van der Waals surface area contributed by atoms with Gasteiger partial charge in [-0.25, -0.2) is 0 Å². The molecule has 2 rings (SSSR count). The maximum atomic E-state index is 11.3. The SMILES string of the molecule is N#Cc1cc2c(=O)[nH]cc(C#N)c2s1. The minimum atomic E-state index is -0.267. The molecule has 0 amide bonds. The van der Waals surface area contributed by atoms with Crippen molar-refractivity contribution in [1.29, 1.82) is 10.5 Å². The number of nitriles is 2. The molecule has 0 aliphatic carbocycles. The number of aromatic nitrogens is 1. The van der Waals surface area contributed by atoms with E-state index in [1.54, 1.807) is 0 Å². The number of nitrogens with zero attached hydrogens (tertiary/aromatic N) is 2. The molecule has 0 unspecified atom stereocenters. The Bertz CT molecular complexity index is 639. The summed E-state index contributed by atoms with van der Waals surface area (Å²) in [7, 11) is 0. The van der Waals surface area contributed by atoms with Crippen molar-refractivity contribution in [3.8, 4) is 12.1 Å². The molecule has 0 fully saturated rings. The van der Waals surface area contributed by atoms with Crippen LogP contribution in [-0.2, 0) is 0 Å². The van der Waals surface area contributed by atoms with Crippen LogP contribution in [0.4, 0.5) is 0 Å². The molecule has 0 spiro atoms. The van der Waals surface area contributed by atoms with Crippen molar-refractivity contribution in [2.45, 2.75) is 0 Å². The maximum absolute atomic E-state index is 11.3. The molecular weight excluding hydrogens is 198 g/mol. The maximum Gasteiger partial charge on any atom is 0.256 e. The van der Waals surface area contributed by atoms with Crippen molar-refractivity contribution in [1.82, 2.24) is 4.98 Å². The van der Waals surface area contributed by atoms with Crippen LogP contribution in [-0.4, -0.2) is 4.98 Å². The van der Waals surface area contributed by atoms with Gasteiger partial charge in [-0.3, -0.25) is 4.79 Å². The first-order valence-electron chi connectivity index (χ1n) is 3.71. The molecule has 66 valence electrons. The van der Waals surface area contributed by atoms with Gasteiger partial charge in [0.25, 0.3) is 5.56 Å². The number of fused-ring (bicyclic) bond motifs is 1. The zero-order valence-corrected chi connectivity index (χ0v) is 7.68. The molecular formula is C9H3N3OS. The predicted octanol–water partition coefficient (Wildman–Crippen LogP) is 1.33. The lowest BCUT2D eigenvalue weighted by molar-refractivity contribution is 1.27. The zero-order valence-electron chi connectivity index (χ0n) is 6.87. The van der Waals surface area contributed by atoms with Crippen LogP contribution in [0.15, 0.2) is 17.1 Å². The van der Waals surface area contributed by atoms with Crippen LogP contribution in [0.5, 0.6) is 0 Å². The van der Waals surface area contributed by atoms with E-state index in [2.05, 4.69) is 4.98 Å². The van der Waals surface area contributed by atoms with Crippen LogP contribution in [0, 0.1) is 22.7 Å². The summed E-state index contributed by atoms with van der Waals surface area (Å²) in [6, 6.07) is 5.42. The summed E-state index contributed by atoms with van der Waals surface area (Å²) in [5, 5.41) is 17.8. The normalized spacial score (nSPS) is 9.57. The molecule has 1 N–H and O–H groups in total. The molecule has 0 atom stereocenters. The van der Waals surface area contributed by atoms with Crippen molar-refractivity contribution in [3.05, 3.63) is 33.1 Å². The lowest BCUT2D eigenvalue weighted by Crippen LogP contribution is -2.03. The fourth-order valence-corrected chi connectivity index (χ4v) is 2.10. The van der Waals surface area contributed by atoms with E-state index in [0.717, 1.165) is 11.3 Å². The number of thiophene rings is 1. The molecule has 0 saturated heterocycles. The first-order valence-corrected chi connectivity index (χ1v) is 4.53. The topological polar surface area (TPSA) is 80.4 Å². The van der Waals surface area contributed by atoms with Gasteiger partial charge in [0, 0.05) is 6.20 Å². The number of hydrogen-bond donors (Lipinski definition) is 1. The lowest BCUT2D eigenvalue weighted by atomic mass is 10.2. The van der Waals surface area contributed by atoms with Crippen molar-refractivity contribution < 1.29 is 0 Å². The second-order valence-corrected chi connectivity index (χ2v) is 3.66. The number of rotatable bonds is 0. The van der Waals surface area contributed by atoms with Gasteiger partial charge >= 0.3 is 0 Å². The van der Waals surface area contributed by atoms with Crippen molar-refractivity contribution in [2.75, 3.05) is 0 Å². The second kappa shape index (κ2) is 2.99. The van der Waals surface area contributed by atoms with Crippen molar-refractivity contribution in [2.24, 2.45) is 0 Å². The molecule has 0 aliphatic heterocycles. The second-order valence-electron chi connectivity index (χ2n) is 2.61. The van der Waals surface area contributed by atoms with Crippen LogP contribution in [0.25, 0.3) is 10.1 Å². The van der Waals surface area contributed by atoms with Gasteiger partial charge in [-0.05, 0) is 6.07 Å². The van der Waals surface area contributed by atoms with E-state index >= 15 is 0 Å². The van der Waals surface area contributed by atoms with E-state index in [-0.39, 0.29) is 5.56 Å². The first kappa shape index (κ1) is 8.49. The number of pyridine rings is 1. The molecule has 5 heteroatoms. The Morgan fingerprint density at radius 3 is 2.79 bits per heavy atom. The molecule has 0 aromatic carbocycles. The van der Waals surface area contributed by atoms with Gasteiger partial charge in [-0.2, -0.15) is 10.5 Å². The average molecular weight is 201 g/mol. The van der Waals surface area contributed by atoms with E-state index in [1.807, 2.05) is 12.1 Å². The first-order chi connectivity index (χ1) is 6.76. The van der Waals surface area contributed by atoms with Gasteiger partial charge in [0.1, 0.15) is 17.0 Å². The fraction of sp³-hybridized carbons (Fsp3) is 0. The molecule has 2 heterocycles. The smallest absolute Gasteiger partial charge is 0.256 e. The molecule has 2 aromatic rings. The van der Waals surface area contributed by atoms with Crippen LogP contribution >= 0.6 is 11.3 Å². The Labute approximate surface area is 82.6 Å². The molecule has 0 saturated carbocycles. The number of hydrogen-bond acceptors (Lipinski definition) is 4. The van der Waals surface area contributed by atoms with Gasteiger partial charge in [0.2, 0.25) is 0 Å². The highest BCUT2D eigenvalue weighted by Gasteiger charge is 2.08. The van der Waals surface area contributed by atoms with E-state index < -0.39 is 0 Å². The number of H-pyrrole nitrogens is 1. The van der Waals surface area contributed by atoms with Gasteiger partial charge < -0.3 is 4.98 Å². The third kappa shape index (κ3) is 1.08. The monoisotopic (exact) mass is 201 g/mol. The molecule has 0 bridgehead atoms. The Morgan fingerprint density at radius 1 is 1.36 bits per heavy atom. The Hall–Kier alpha value is -2.11. The van der Waals surface area contributed by atoms with Gasteiger partial charge in [0.05, 0.1) is 15.6 Å². The highest BCUT2D eigenvalue weighted by atomic mass is 32.1. The van der Waals surface area contributed by atoms with E-state index in [0.29, 0.717) is 20.5 Å². The summed E-state index contributed by atoms with van der Waals surface area (Å²) in [6.07, 6.45) is 1.36. The quantitative estimate of drug-likeness (QED) is 0.698. The van der Waals surface area contributed by atoms with Crippen LogP contribution < -0.4 is 5.56 Å². The van der Waals surface area contributed by atoms with Crippen LogP contribution in [0.2, 0.25) is 0 Å². The minimum Gasteiger partial charge on any atom is -0.327 e. The molecule has 4 nitrogen and oxygen atoms in total. The van der Waals surface area contributed by atoms with Crippen molar-refractivity contribution >= 4 is 21.4 Å². The Balaban J connectivity index is 2.99. The van der Waals surface area contributed by atoms with Gasteiger partial charge in [-0.15, -0.1) is 11.3 Å². The highest BCUT2D eigenvalue weighted by molar-refractivity contribution is 7.19. The third-order valence-electron chi connectivity index (χ3n) is 1.80. The van der Waals surface area contributed by atoms with E-state index in [1.165, 1.54) is 12.3 Å². The van der Waals surface area contributed by atoms with Crippen LogP contribution in [0.3, 0.4) is 0 Å². The summed E-state index contributed by atoms with van der Waals surface area (Å²) in [5.41, 5.74) is 0.128. The van der Waals surface area contributed by atoms with Gasteiger partial charge in [0.15, 0.2) is 0 Å². The standard InChI is InChI=1S/C9H3N3OS/c10-2-5-4-12-9(13)7-1-6(3-11)14-8(5)7/h1,4H,(H,12,13). The molecule has 0 radical (unpaired) electrons. The number of nitrogens with one attached hydrogen (secondary N) is 1. The van der Waals surface area contributed by atoms with Crippen LogP contribution in [0.1, 0.15) is 10.4 Å². The van der Waals surface area contributed by atoms with Crippen molar-refractivity contribution in [3.63, 3.8) is 0 Å². The van der Waals surface area contributed by atoms with Gasteiger partial charge in [-0.1, -0.05) is 0 Å². The number of aromatic amines is 1. The molecule has 0 aliphatic rings. The predicted molar refractivity (Wildman–Crippen MR) is 51.9 cm³/mol. The third-order valence-corrected chi connectivity index (χ3v) is 2.87. The zero-order chi connectivity index (χ0) is 10.1. The summed E-state index contributed by atoms with van der Waals surface area (Å²) < 4.78 is 0.577. The fourth-order valence-electron chi connectivity index (χ4n) is 1.18. The van der Waals surface area contributed by atoms with E-state index in [9.17, 15) is 4.79 Å². The Morgan fingerprint density at radius 2 is 2.14 bits per heavy atom. The minimum absolute atomic E-state index is 0.267. The summed E-state index contributed by atoms with van der Waals surface area (Å²) in [4.78, 5) is 14.2. The summed E-state index contributed by atoms with van der Waals surface area (Å²) in [5.74, 6) is 0. The molecule has 2 aromatic heterocycles. The average Bonchev–Trinajstić information content (AvgIpc) is 2.63. The van der Waals surface area contributed by atoms with E-state index in [4.69, 9.17) is 10.5 Å². The Kier molecular flexibility index (Phi) is 1.81. The highest BCUT2D eigenvalue weighted by Crippen LogP contribution is 2.24. The summed E-state index contributed by atoms with van der Waals surface area (Å²) in [6.45, 7) is 0. The lowest BCUT2D eigenvalue weighted by Gasteiger charge is -1.89. The summed E-state index contributed by atoms with van der Waals surface area (Å²) >= 11 is 1.16. The largest absolute Gasteiger partial charge is 0.327 e.